The maximum atomic E-state index is 12.6. The second-order valence-corrected chi connectivity index (χ2v) is 7.32. The van der Waals surface area contributed by atoms with Crippen LogP contribution >= 0.6 is 36.2 Å². The van der Waals surface area contributed by atoms with Crippen LogP contribution in [0.15, 0.2) is 30.3 Å². The van der Waals surface area contributed by atoms with Crippen molar-refractivity contribution in [2.45, 2.75) is 32.7 Å². The summed E-state index contributed by atoms with van der Waals surface area (Å²) < 4.78 is 0. The summed E-state index contributed by atoms with van der Waals surface area (Å²) in [6.07, 6.45) is 1.88. The third-order valence-electron chi connectivity index (χ3n) is 4.39. The molecule has 2 atom stereocenters. The summed E-state index contributed by atoms with van der Waals surface area (Å²) in [7, 11) is 0. The van der Waals surface area contributed by atoms with Crippen molar-refractivity contribution in [2.24, 2.45) is 5.92 Å². The Morgan fingerprint density at radius 3 is 2.72 bits per heavy atom. The van der Waals surface area contributed by atoms with E-state index in [2.05, 4.69) is 34.7 Å². The van der Waals surface area contributed by atoms with E-state index in [1.165, 1.54) is 16.9 Å². The fourth-order valence-electron chi connectivity index (χ4n) is 2.93. The van der Waals surface area contributed by atoms with E-state index in [1.54, 1.807) is 0 Å². The molecule has 2 N–H and O–H groups in total. The van der Waals surface area contributed by atoms with Crippen molar-refractivity contribution in [2.75, 3.05) is 13.1 Å². The number of amides is 1. The second kappa shape index (κ2) is 10.1. The van der Waals surface area contributed by atoms with E-state index < -0.39 is 0 Å². The molecule has 2 heterocycles. The quantitative estimate of drug-likeness (QED) is 0.822. The van der Waals surface area contributed by atoms with E-state index in [9.17, 15) is 4.79 Å². The highest BCUT2D eigenvalue weighted by molar-refractivity contribution is 7.13. The molecular weight excluding hydrogens is 377 g/mol. The number of nitrogens with one attached hydrogen (secondary N) is 2. The van der Waals surface area contributed by atoms with E-state index in [-0.39, 0.29) is 36.8 Å². The Hall–Kier alpha value is -1.14. The van der Waals surface area contributed by atoms with Gasteiger partial charge in [-0.15, -0.1) is 36.2 Å². The van der Waals surface area contributed by atoms with Crippen LogP contribution < -0.4 is 10.6 Å². The van der Waals surface area contributed by atoms with Crippen molar-refractivity contribution in [3.05, 3.63) is 51.5 Å². The van der Waals surface area contributed by atoms with Gasteiger partial charge in [0.2, 0.25) is 0 Å². The number of carbonyl (C=O) groups is 1. The van der Waals surface area contributed by atoms with Crippen LogP contribution in [0.2, 0.25) is 0 Å². The molecule has 0 aliphatic carbocycles. The number of halogens is 2. The van der Waals surface area contributed by atoms with Gasteiger partial charge < -0.3 is 10.6 Å². The van der Waals surface area contributed by atoms with Crippen molar-refractivity contribution < 1.29 is 4.79 Å². The zero-order chi connectivity index (χ0) is 16.2. The lowest BCUT2D eigenvalue weighted by Crippen LogP contribution is -2.50. The lowest BCUT2D eigenvalue weighted by atomic mass is 9.95. The monoisotopic (exact) mass is 401 g/mol. The van der Waals surface area contributed by atoms with E-state index in [1.807, 2.05) is 25.1 Å². The summed E-state index contributed by atoms with van der Waals surface area (Å²) in [5, 5.41) is 7.51. The molecule has 0 radical (unpaired) electrons. The molecule has 1 aliphatic rings. The first-order chi connectivity index (χ1) is 11.1. The Morgan fingerprint density at radius 1 is 1.32 bits per heavy atom. The molecule has 138 valence electrons. The third-order valence-corrected chi connectivity index (χ3v) is 5.55. The molecule has 0 spiro atoms. The Kier molecular flexibility index (Phi) is 8.86. The number of carbonyl (C=O) groups excluding carboxylic acids is 1. The van der Waals surface area contributed by atoms with Gasteiger partial charge in [0.15, 0.2) is 0 Å². The number of piperidine rings is 1. The van der Waals surface area contributed by atoms with Crippen LogP contribution in [-0.4, -0.2) is 30.0 Å². The molecule has 4 nitrogen and oxygen atoms in total. The summed E-state index contributed by atoms with van der Waals surface area (Å²) in [6.45, 7) is 6.00. The summed E-state index contributed by atoms with van der Waals surface area (Å²) >= 11 is 1.51. The minimum absolute atomic E-state index is 0. The zero-order valence-corrected chi connectivity index (χ0v) is 16.9. The van der Waals surface area contributed by atoms with Gasteiger partial charge >= 0.3 is 0 Å². The van der Waals surface area contributed by atoms with E-state index in [4.69, 9.17) is 0 Å². The van der Waals surface area contributed by atoms with Gasteiger partial charge in [0.1, 0.15) is 4.88 Å². The Balaban J connectivity index is 0.00000156. The van der Waals surface area contributed by atoms with E-state index in [0.717, 1.165) is 41.5 Å². The Morgan fingerprint density at radius 2 is 2.04 bits per heavy atom. The Bertz CT molecular complexity index is 678. The zero-order valence-electron chi connectivity index (χ0n) is 14.5. The molecule has 1 aromatic heterocycles. The number of aromatic nitrogens is 1. The highest BCUT2D eigenvalue weighted by Gasteiger charge is 2.25. The normalized spacial score (nSPS) is 19.4. The van der Waals surface area contributed by atoms with Gasteiger partial charge in [-0.05, 0) is 31.4 Å². The smallest absolute Gasteiger partial charge is 0.263 e. The van der Waals surface area contributed by atoms with Crippen LogP contribution in [0.5, 0.6) is 0 Å². The third kappa shape index (κ3) is 5.68. The SMILES string of the molecule is Cc1nc(Cc2ccccc2)sc1C(=O)NC1CNCCC1C.Cl.Cl. The number of hydrogen-bond acceptors (Lipinski definition) is 4. The molecule has 0 saturated carbocycles. The van der Waals surface area contributed by atoms with Crippen molar-refractivity contribution in [1.29, 1.82) is 0 Å². The summed E-state index contributed by atoms with van der Waals surface area (Å²) in [5.74, 6) is 0.525. The highest BCUT2D eigenvalue weighted by atomic mass is 35.5. The minimum atomic E-state index is 0. The number of hydrogen-bond donors (Lipinski definition) is 2. The molecule has 1 amide bonds. The first-order valence-electron chi connectivity index (χ1n) is 8.15. The van der Waals surface area contributed by atoms with Crippen molar-refractivity contribution in [3.63, 3.8) is 0 Å². The van der Waals surface area contributed by atoms with Crippen molar-refractivity contribution in [1.82, 2.24) is 15.6 Å². The van der Waals surface area contributed by atoms with Gasteiger partial charge in [0, 0.05) is 19.0 Å². The van der Waals surface area contributed by atoms with Crippen molar-refractivity contribution >= 4 is 42.1 Å². The van der Waals surface area contributed by atoms with Crippen LogP contribution in [0.3, 0.4) is 0 Å². The maximum absolute atomic E-state index is 12.6. The number of benzene rings is 1. The minimum Gasteiger partial charge on any atom is -0.347 e. The fourth-order valence-corrected chi connectivity index (χ4v) is 3.93. The van der Waals surface area contributed by atoms with E-state index >= 15 is 0 Å². The molecule has 0 bridgehead atoms. The molecule has 1 fully saturated rings. The molecule has 2 aromatic rings. The first-order valence-corrected chi connectivity index (χ1v) is 8.97. The summed E-state index contributed by atoms with van der Waals surface area (Å²) in [6, 6.07) is 10.4. The number of aryl methyl sites for hydroxylation is 1. The predicted octanol–water partition coefficient (Wildman–Crippen LogP) is 3.61. The molecule has 1 aromatic carbocycles. The van der Waals surface area contributed by atoms with Crippen LogP contribution in [0.1, 0.15) is 39.3 Å². The van der Waals surface area contributed by atoms with E-state index in [0.29, 0.717) is 5.92 Å². The Labute approximate surface area is 165 Å². The second-order valence-electron chi connectivity index (χ2n) is 6.23. The van der Waals surface area contributed by atoms with Crippen LogP contribution in [0, 0.1) is 12.8 Å². The predicted molar refractivity (Wildman–Crippen MR) is 108 cm³/mol. The standard InChI is InChI=1S/C18H23N3OS.2ClH/c1-12-8-9-19-11-15(12)21-18(22)17-13(2)20-16(23-17)10-14-6-4-3-5-7-14;;/h3-7,12,15,19H,8-11H2,1-2H3,(H,21,22);2*1H. The molecule has 25 heavy (non-hydrogen) atoms. The van der Waals surface area contributed by atoms with Gasteiger partial charge in [0.25, 0.3) is 5.91 Å². The van der Waals surface area contributed by atoms with Crippen LogP contribution in [-0.2, 0) is 6.42 Å². The summed E-state index contributed by atoms with van der Waals surface area (Å²) in [4.78, 5) is 17.9. The molecular formula is C18H25Cl2N3OS. The fraction of sp³-hybridized carbons (Fsp3) is 0.444. The van der Waals surface area contributed by atoms with Crippen LogP contribution in [0.4, 0.5) is 0 Å². The summed E-state index contributed by atoms with van der Waals surface area (Å²) in [5.41, 5.74) is 2.05. The van der Waals surface area contributed by atoms with Gasteiger partial charge in [-0.25, -0.2) is 4.98 Å². The molecule has 2 unspecified atom stereocenters. The van der Waals surface area contributed by atoms with Gasteiger partial charge in [-0.1, -0.05) is 37.3 Å². The van der Waals surface area contributed by atoms with Crippen molar-refractivity contribution in [3.8, 4) is 0 Å². The molecule has 1 saturated heterocycles. The average molecular weight is 402 g/mol. The lowest BCUT2D eigenvalue weighted by Gasteiger charge is -2.30. The number of rotatable bonds is 4. The number of nitrogens with zero attached hydrogens (tertiary/aromatic N) is 1. The van der Waals surface area contributed by atoms with Gasteiger partial charge in [-0.2, -0.15) is 0 Å². The number of thiazole rings is 1. The van der Waals surface area contributed by atoms with Crippen LogP contribution in [0.25, 0.3) is 0 Å². The van der Waals surface area contributed by atoms with Gasteiger partial charge in [0.05, 0.1) is 10.7 Å². The topological polar surface area (TPSA) is 54.0 Å². The average Bonchev–Trinajstić information content (AvgIpc) is 2.91. The maximum Gasteiger partial charge on any atom is 0.263 e. The molecule has 7 heteroatoms. The highest BCUT2D eigenvalue weighted by Crippen LogP contribution is 2.21. The molecule has 1 aliphatic heterocycles. The first kappa shape index (κ1) is 21.9. The lowest BCUT2D eigenvalue weighted by molar-refractivity contribution is 0.0918. The van der Waals surface area contributed by atoms with Gasteiger partial charge in [-0.3, -0.25) is 4.79 Å². The molecule has 3 rings (SSSR count). The largest absolute Gasteiger partial charge is 0.347 e.